The Morgan fingerprint density at radius 1 is 0.723 bits per heavy atom. The minimum Gasteiger partial charge on any atom is -0.462 e. The number of carbonyl (C=O) groups is 3. The second-order valence-electron chi connectivity index (χ2n) is 22.2. The number of carbonyl (C=O) groups excluding carboxylic acids is 3. The number of phosphoric acid groups is 1. The summed E-state index contributed by atoms with van der Waals surface area (Å²) in [6, 6.07) is 32.6. The first-order valence-corrected chi connectivity index (χ1v) is 32.8. The highest BCUT2D eigenvalue weighted by Crippen LogP contribution is 2.55. The van der Waals surface area contributed by atoms with Crippen molar-refractivity contribution in [2.45, 2.75) is 198 Å². The maximum atomic E-state index is 14.6. The van der Waals surface area contributed by atoms with Crippen molar-refractivity contribution >= 4 is 34.0 Å². The number of azide groups is 1. The quantitative estimate of drug-likeness (QED) is 0.0134. The standard InChI is InChI=1S/C60H81N4O17PSi/c1-9-45(71-34-41-25-17-13-18-26-41)32-51(67)79-57-53(63-64-61)59(81-83(7,8)60(4,5)6)78-48(56(57)72-35-42-27-19-14-20-28-42)39-73-58-52(62-49(65)31-46(10-2)76-50(66)11-3)54(68)55(47(77-58)38-70-33-40-23-15-12-16-24-40)80-82(69)74-36-43-29-21-22-30-44(43)37-75-82/h12-30,45-48,52-59,68H,9-11,31-39H2,1-8H3,(H,62,65)/t45-,46-,47?,48?,52?,53?,54-,55+,56+,57-,58-,59?/m1/s1. The van der Waals surface area contributed by atoms with E-state index in [-0.39, 0.29) is 63.9 Å². The summed E-state index contributed by atoms with van der Waals surface area (Å²) in [6.07, 6.45) is -12.3. The van der Waals surface area contributed by atoms with Crippen LogP contribution in [0.5, 0.6) is 0 Å². The number of phosphoric ester groups is 1. The molecule has 83 heavy (non-hydrogen) atoms. The lowest BCUT2D eigenvalue weighted by Crippen LogP contribution is -2.66. The lowest BCUT2D eigenvalue weighted by atomic mass is 9.95. The zero-order valence-electron chi connectivity index (χ0n) is 48.7. The molecule has 0 spiro atoms. The smallest absolute Gasteiger partial charge is 0.462 e. The molecule has 7 rings (SSSR count). The predicted molar refractivity (Wildman–Crippen MR) is 307 cm³/mol. The number of ether oxygens (including phenoxy) is 8. The Labute approximate surface area is 487 Å². The van der Waals surface area contributed by atoms with Crippen LogP contribution in [0.4, 0.5) is 0 Å². The van der Waals surface area contributed by atoms with Crippen LogP contribution < -0.4 is 5.32 Å². The van der Waals surface area contributed by atoms with Crippen LogP contribution in [0, 0.1) is 0 Å². The van der Waals surface area contributed by atoms with Gasteiger partial charge in [0.25, 0.3) is 0 Å². The van der Waals surface area contributed by atoms with Gasteiger partial charge in [-0.15, -0.1) is 0 Å². The number of rotatable bonds is 28. The highest BCUT2D eigenvalue weighted by Gasteiger charge is 2.55. The molecular formula is C60H81N4O17PSi. The van der Waals surface area contributed by atoms with Crippen LogP contribution in [-0.2, 0) is 108 Å². The van der Waals surface area contributed by atoms with E-state index in [1.807, 2.05) is 156 Å². The van der Waals surface area contributed by atoms with E-state index in [0.717, 1.165) is 27.8 Å². The van der Waals surface area contributed by atoms with Crippen molar-refractivity contribution < 1.29 is 79.9 Å². The number of amides is 1. The molecule has 3 aliphatic heterocycles. The van der Waals surface area contributed by atoms with Crippen molar-refractivity contribution in [1.29, 1.82) is 0 Å². The molecule has 5 unspecified atom stereocenters. The molecule has 2 saturated heterocycles. The number of nitrogens with one attached hydrogen (secondary N) is 1. The van der Waals surface area contributed by atoms with Crippen LogP contribution in [0.1, 0.15) is 101 Å². The fourth-order valence-electron chi connectivity index (χ4n) is 9.28. The fourth-order valence-corrected chi connectivity index (χ4v) is 11.8. The van der Waals surface area contributed by atoms with Gasteiger partial charge in [0, 0.05) is 11.3 Å². The first kappa shape index (κ1) is 65.2. The molecule has 0 radical (unpaired) electrons. The van der Waals surface area contributed by atoms with Gasteiger partial charge in [0.05, 0.1) is 65.2 Å². The maximum absolute atomic E-state index is 14.6. The summed E-state index contributed by atoms with van der Waals surface area (Å²) < 4.78 is 91.0. The van der Waals surface area contributed by atoms with Gasteiger partial charge in [-0.3, -0.25) is 28.0 Å². The SMILES string of the molecule is CCC(=O)O[C@H](CC)CC(=O)NC1[C@H](OCC2OC(O[Si](C)(C)C(C)(C)C)C(N=[N+]=[N-])[C@@H](OC(=O)C[C@@H](CC)OCc3ccccc3)[C@H]2OCc2ccccc2)OC(COCc2ccccc2)[C@H](OP2(=O)OCc3ccccc3CO2)[C@@H]1O. The molecule has 4 aromatic carbocycles. The normalized spacial score (nSPS) is 25.1. The summed E-state index contributed by atoms with van der Waals surface area (Å²) in [5.41, 5.74) is 14.2. The van der Waals surface area contributed by atoms with Crippen LogP contribution in [-0.4, -0.2) is 118 Å². The summed E-state index contributed by atoms with van der Waals surface area (Å²) in [5, 5.41) is 19.4. The minimum atomic E-state index is -4.51. The number of esters is 2. The monoisotopic (exact) mass is 1190 g/mol. The first-order valence-electron chi connectivity index (χ1n) is 28.4. The molecule has 1 amide bonds. The van der Waals surface area contributed by atoms with Gasteiger partial charge >= 0.3 is 19.8 Å². The Morgan fingerprint density at radius 2 is 1.28 bits per heavy atom. The van der Waals surface area contributed by atoms with Gasteiger partial charge in [0.2, 0.25) is 5.91 Å². The van der Waals surface area contributed by atoms with Crippen molar-refractivity contribution in [1.82, 2.24) is 5.32 Å². The summed E-state index contributed by atoms with van der Waals surface area (Å²) in [7, 11) is -7.33. The fraction of sp³-hybridized carbons (Fsp3) is 0.550. The van der Waals surface area contributed by atoms with Gasteiger partial charge in [-0.25, -0.2) is 4.57 Å². The number of hydrogen-bond donors (Lipinski definition) is 2. The molecule has 23 heteroatoms. The number of aliphatic hydroxyl groups excluding tert-OH is 1. The lowest BCUT2D eigenvalue weighted by Gasteiger charge is -2.49. The third-order valence-electron chi connectivity index (χ3n) is 15.1. The number of fused-ring (bicyclic) bond motifs is 1. The van der Waals surface area contributed by atoms with Gasteiger partial charge < -0.3 is 52.7 Å². The van der Waals surface area contributed by atoms with E-state index < -0.39 is 114 Å². The van der Waals surface area contributed by atoms with E-state index in [2.05, 4.69) is 15.3 Å². The molecule has 0 aliphatic carbocycles. The number of hydrogen-bond acceptors (Lipinski definition) is 18. The van der Waals surface area contributed by atoms with Gasteiger partial charge in [-0.2, -0.15) is 0 Å². The molecule has 452 valence electrons. The Hall–Kier alpha value is -5.39. The Kier molecular flexibility index (Phi) is 24.4. The van der Waals surface area contributed by atoms with Crippen molar-refractivity contribution in [2.24, 2.45) is 5.11 Å². The van der Waals surface area contributed by atoms with E-state index in [0.29, 0.717) is 12.8 Å². The van der Waals surface area contributed by atoms with Crippen molar-refractivity contribution in [2.75, 3.05) is 13.2 Å². The van der Waals surface area contributed by atoms with E-state index in [1.165, 1.54) is 0 Å². The predicted octanol–water partition coefficient (Wildman–Crippen LogP) is 10.5. The van der Waals surface area contributed by atoms with Crippen LogP contribution in [0.2, 0.25) is 18.1 Å². The largest absolute Gasteiger partial charge is 0.475 e. The van der Waals surface area contributed by atoms with E-state index in [4.69, 9.17) is 55.9 Å². The molecule has 0 bridgehead atoms. The topological polar surface area (TPSA) is 260 Å². The van der Waals surface area contributed by atoms with Crippen LogP contribution in [0.3, 0.4) is 0 Å². The molecule has 2 fully saturated rings. The molecule has 3 heterocycles. The minimum absolute atomic E-state index is 0.0262. The lowest BCUT2D eigenvalue weighted by molar-refractivity contribution is -0.300. The van der Waals surface area contributed by atoms with Crippen molar-refractivity contribution in [3.05, 3.63) is 154 Å². The average Bonchev–Trinajstić information content (AvgIpc) is 3.17. The zero-order chi connectivity index (χ0) is 59.6. The molecule has 0 aromatic heterocycles. The molecule has 12 atom stereocenters. The van der Waals surface area contributed by atoms with Crippen molar-refractivity contribution in [3.8, 4) is 0 Å². The molecule has 0 saturated carbocycles. The van der Waals surface area contributed by atoms with E-state index in [1.54, 1.807) is 13.8 Å². The maximum Gasteiger partial charge on any atom is 0.475 e. The zero-order valence-corrected chi connectivity index (χ0v) is 50.5. The third-order valence-corrected chi connectivity index (χ3v) is 21.0. The van der Waals surface area contributed by atoms with Gasteiger partial charge in [0.1, 0.15) is 54.8 Å². The second-order valence-corrected chi connectivity index (χ2v) is 28.6. The summed E-state index contributed by atoms with van der Waals surface area (Å²) >= 11 is 0. The Balaban J connectivity index is 1.25. The number of aliphatic hydroxyl groups is 1. The second kappa shape index (κ2) is 31.1. The number of nitrogens with zero attached hydrogens (tertiary/aromatic N) is 3. The first-order chi connectivity index (χ1) is 39.8. The molecule has 21 nitrogen and oxygen atoms in total. The Morgan fingerprint density at radius 3 is 1.84 bits per heavy atom. The van der Waals surface area contributed by atoms with Gasteiger partial charge in [0.15, 0.2) is 20.9 Å². The van der Waals surface area contributed by atoms with E-state index >= 15 is 0 Å². The molecule has 3 aliphatic rings. The van der Waals surface area contributed by atoms with Gasteiger partial charge in [-0.05, 0) is 64.3 Å². The summed E-state index contributed by atoms with van der Waals surface area (Å²) in [5.74, 6) is -1.83. The molecule has 4 aromatic rings. The van der Waals surface area contributed by atoms with Crippen molar-refractivity contribution in [3.63, 3.8) is 0 Å². The number of benzene rings is 4. The summed E-state index contributed by atoms with van der Waals surface area (Å²) in [4.78, 5) is 44.3. The van der Waals surface area contributed by atoms with Crippen LogP contribution in [0.15, 0.2) is 120 Å². The highest BCUT2D eigenvalue weighted by atomic mass is 31.2. The average molecular weight is 1190 g/mol. The Bertz CT molecular complexity index is 2750. The molecule has 2 N–H and O–H groups in total. The third kappa shape index (κ3) is 18.8. The van der Waals surface area contributed by atoms with Crippen LogP contribution >= 0.6 is 7.82 Å². The van der Waals surface area contributed by atoms with Gasteiger partial charge in [-0.1, -0.05) is 162 Å². The highest BCUT2D eigenvalue weighted by molar-refractivity contribution is 7.48. The molecular weight excluding hydrogens is 1110 g/mol. The summed E-state index contributed by atoms with van der Waals surface area (Å²) in [6.45, 7) is 14.7. The van der Waals surface area contributed by atoms with Crippen LogP contribution in [0.25, 0.3) is 10.4 Å². The van der Waals surface area contributed by atoms with E-state index in [9.17, 15) is 29.6 Å².